The van der Waals surface area contributed by atoms with Gasteiger partial charge in [-0.3, -0.25) is 9.59 Å². The number of likely N-dealkylation sites (N-methyl/N-ethyl adjacent to an activating group) is 1. The van der Waals surface area contributed by atoms with Gasteiger partial charge in [0.05, 0.1) is 26.3 Å². The van der Waals surface area contributed by atoms with Gasteiger partial charge in [0, 0.05) is 33.2 Å². The van der Waals surface area contributed by atoms with Crippen molar-refractivity contribution in [3.63, 3.8) is 0 Å². The monoisotopic (exact) mass is 357 g/mol. The summed E-state index contributed by atoms with van der Waals surface area (Å²) in [5, 5.41) is 3.19. The van der Waals surface area contributed by atoms with Crippen LogP contribution in [0.1, 0.15) is 10.4 Å². The van der Waals surface area contributed by atoms with Gasteiger partial charge in [-0.05, 0) is 18.2 Å². The van der Waals surface area contributed by atoms with E-state index in [1.165, 1.54) is 19.1 Å². The van der Waals surface area contributed by atoms with Crippen molar-refractivity contribution in [1.82, 2.24) is 15.1 Å². The van der Waals surface area contributed by atoms with Crippen molar-refractivity contribution in [1.29, 1.82) is 0 Å². The summed E-state index contributed by atoms with van der Waals surface area (Å²) in [6, 6.07) is 5.02. The maximum absolute atomic E-state index is 12.6. The van der Waals surface area contributed by atoms with Crippen LogP contribution in [0.15, 0.2) is 18.2 Å². The van der Waals surface area contributed by atoms with E-state index in [4.69, 9.17) is 9.47 Å². The Labute approximate surface area is 148 Å². The molecule has 0 aliphatic carbocycles. The molecule has 0 atom stereocenters. The number of hydrogen-bond acceptors (Lipinski definition) is 5. The number of carbonyl (C=O) groups excluding carboxylic acids is 2. The molecule has 0 spiro atoms. The highest BCUT2D eigenvalue weighted by Gasteiger charge is 2.23. The van der Waals surface area contributed by atoms with Gasteiger partial charge in [0.15, 0.2) is 0 Å². The fourth-order valence-electron chi connectivity index (χ4n) is 2.48. The maximum atomic E-state index is 12.6. The van der Waals surface area contributed by atoms with Crippen LogP contribution in [0.2, 0.25) is 0 Å². The highest BCUT2D eigenvalue weighted by atomic mass is 35.5. The molecule has 1 aliphatic rings. The molecule has 1 aromatic carbocycles. The molecule has 0 radical (unpaired) electrons. The zero-order valence-electron chi connectivity index (χ0n) is 14.2. The summed E-state index contributed by atoms with van der Waals surface area (Å²) in [5.41, 5.74) is 0.377. The van der Waals surface area contributed by atoms with E-state index in [0.717, 1.165) is 13.1 Å². The number of methoxy groups -OCH3 is 2. The first kappa shape index (κ1) is 20.1. The standard InChI is InChI=1S/C16H23N3O4.ClH/c1-18(11-15(20)19-8-6-17-7-9-19)16(21)13-10-12(22-2)4-5-14(13)23-3;/h4-5,10,17H,6-9,11H2,1-3H3;1H. The predicted molar refractivity (Wildman–Crippen MR) is 93.2 cm³/mol. The quantitative estimate of drug-likeness (QED) is 0.837. The van der Waals surface area contributed by atoms with Crippen LogP contribution in [0.25, 0.3) is 0 Å². The number of amides is 2. The number of rotatable bonds is 5. The van der Waals surface area contributed by atoms with Crippen molar-refractivity contribution in [2.75, 3.05) is 54.0 Å². The lowest BCUT2D eigenvalue weighted by Gasteiger charge is -2.29. The zero-order chi connectivity index (χ0) is 16.8. The number of halogens is 1. The van der Waals surface area contributed by atoms with Crippen LogP contribution in [0.3, 0.4) is 0 Å². The molecule has 1 saturated heterocycles. The molecule has 1 aliphatic heterocycles. The van der Waals surface area contributed by atoms with Gasteiger partial charge in [0.25, 0.3) is 5.91 Å². The average molecular weight is 358 g/mol. The molecule has 8 heteroatoms. The third kappa shape index (κ3) is 4.75. The number of piperazine rings is 1. The normalized spacial score (nSPS) is 13.7. The molecule has 0 unspecified atom stereocenters. The van der Waals surface area contributed by atoms with Crippen LogP contribution in [-0.2, 0) is 4.79 Å². The second-order valence-corrected chi connectivity index (χ2v) is 5.36. The maximum Gasteiger partial charge on any atom is 0.257 e. The number of benzene rings is 1. The average Bonchev–Trinajstić information content (AvgIpc) is 2.61. The fraction of sp³-hybridized carbons (Fsp3) is 0.500. The van der Waals surface area contributed by atoms with Gasteiger partial charge in [-0.25, -0.2) is 0 Å². The highest BCUT2D eigenvalue weighted by molar-refractivity contribution is 5.99. The lowest BCUT2D eigenvalue weighted by Crippen LogP contribution is -2.49. The largest absolute Gasteiger partial charge is 0.497 e. The van der Waals surface area contributed by atoms with Crippen molar-refractivity contribution in [2.24, 2.45) is 0 Å². The van der Waals surface area contributed by atoms with E-state index in [1.54, 1.807) is 30.1 Å². The minimum atomic E-state index is -0.274. The van der Waals surface area contributed by atoms with E-state index in [9.17, 15) is 9.59 Å². The summed E-state index contributed by atoms with van der Waals surface area (Å²) >= 11 is 0. The Morgan fingerprint density at radius 3 is 2.46 bits per heavy atom. The second kappa shape index (κ2) is 9.34. The SMILES string of the molecule is COc1ccc(OC)c(C(=O)N(C)CC(=O)N2CCNCC2)c1.Cl. The van der Waals surface area contributed by atoms with E-state index < -0.39 is 0 Å². The third-order valence-electron chi connectivity index (χ3n) is 3.83. The second-order valence-electron chi connectivity index (χ2n) is 5.36. The molecule has 134 valence electrons. The number of nitrogens with zero attached hydrogens (tertiary/aromatic N) is 2. The molecule has 1 aromatic rings. The van der Waals surface area contributed by atoms with Crippen LogP contribution < -0.4 is 14.8 Å². The Bertz CT molecular complexity index is 576. The van der Waals surface area contributed by atoms with Gasteiger partial charge in [-0.1, -0.05) is 0 Å². The van der Waals surface area contributed by atoms with E-state index >= 15 is 0 Å². The van der Waals surface area contributed by atoms with Crippen LogP contribution in [0.4, 0.5) is 0 Å². The van der Waals surface area contributed by atoms with E-state index in [2.05, 4.69) is 5.32 Å². The molecule has 0 bridgehead atoms. The molecule has 24 heavy (non-hydrogen) atoms. The Hall–Kier alpha value is -1.99. The zero-order valence-corrected chi connectivity index (χ0v) is 15.0. The topological polar surface area (TPSA) is 71.1 Å². The number of ether oxygens (including phenoxy) is 2. The molecule has 0 aromatic heterocycles. The molecule has 2 rings (SSSR count). The first-order valence-corrected chi connectivity index (χ1v) is 7.52. The third-order valence-corrected chi connectivity index (χ3v) is 3.83. The Morgan fingerprint density at radius 1 is 1.21 bits per heavy atom. The molecule has 1 fully saturated rings. The summed E-state index contributed by atoms with van der Waals surface area (Å²) in [6.07, 6.45) is 0. The molecule has 1 heterocycles. The van der Waals surface area contributed by atoms with Crippen molar-refractivity contribution in [3.8, 4) is 11.5 Å². The first-order valence-electron chi connectivity index (χ1n) is 7.52. The number of hydrogen-bond donors (Lipinski definition) is 1. The van der Waals surface area contributed by atoms with Gasteiger partial charge in [-0.2, -0.15) is 0 Å². The van der Waals surface area contributed by atoms with Gasteiger partial charge in [0.2, 0.25) is 5.91 Å². The molecule has 2 amide bonds. The van der Waals surface area contributed by atoms with Crippen molar-refractivity contribution < 1.29 is 19.1 Å². The fourth-order valence-corrected chi connectivity index (χ4v) is 2.48. The molecular formula is C16H24ClN3O4. The predicted octanol–water partition coefficient (Wildman–Crippen LogP) is 0.629. The minimum Gasteiger partial charge on any atom is -0.497 e. The number of carbonyl (C=O) groups is 2. The van der Waals surface area contributed by atoms with Gasteiger partial charge >= 0.3 is 0 Å². The van der Waals surface area contributed by atoms with Crippen molar-refractivity contribution in [3.05, 3.63) is 23.8 Å². The van der Waals surface area contributed by atoms with Crippen molar-refractivity contribution >= 4 is 24.2 Å². The summed E-state index contributed by atoms with van der Waals surface area (Å²) in [7, 11) is 4.65. The molecule has 1 N–H and O–H groups in total. The lowest BCUT2D eigenvalue weighted by atomic mass is 10.1. The summed E-state index contributed by atoms with van der Waals surface area (Å²) in [6.45, 7) is 2.95. The van der Waals surface area contributed by atoms with Crippen LogP contribution >= 0.6 is 12.4 Å². The van der Waals surface area contributed by atoms with E-state index in [-0.39, 0.29) is 30.8 Å². The Morgan fingerprint density at radius 2 is 1.88 bits per heavy atom. The minimum absolute atomic E-state index is 0. The Kier molecular flexibility index (Phi) is 7.81. The Balaban J connectivity index is 0.00000288. The van der Waals surface area contributed by atoms with Gasteiger partial charge < -0.3 is 24.6 Å². The smallest absolute Gasteiger partial charge is 0.257 e. The first-order chi connectivity index (χ1) is 11.1. The van der Waals surface area contributed by atoms with E-state index in [1.807, 2.05) is 0 Å². The molecule has 0 saturated carbocycles. The molecular weight excluding hydrogens is 334 g/mol. The highest BCUT2D eigenvalue weighted by Crippen LogP contribution is 2.25. The van der Waals surface area contributed by atoms with Gasteiger partial charge in [0.1, 0.15) is 11.5 Å². The van der Waals surface area contributed by atoms with Crippen LogP contribution in [0.5, 0.6) is 11.5 Å². The summed E-state index contributed by atoms with van der Waals surface area (Å²) in [4.78, 5) is 28.1. The van der Waals surface area contributed by atoms with E-state index in [0.29, 0.717) is 30.2 Å². The van der Waals surface area contributed by atoms with Crippen LogP contribution in [0, 0.1) is 0 Å². The summed E-state index contributed by atoms with van der Waals surface area (Å²) in [5.74, 6) is 0.696. The summed E-state index contributed by atoms with van der Waals surface area (Å²) < 4.78 is 10.4. The molecule has 7 nitrogen and oxygen atoms in total. The van der Waals surface area contributed by atoms with Crippen molar-refractivity contribution in [2.45, 2.75) is 0 Å². The van der Waals surface area contributed by atoms with Crippen LogP contribution in [-0.4, -0.2) is 75.6 Å². The van der Waals surface area contributed by atoms with Gasteiger partial charge in [-0.15, -0.1) is 12.4 Å². The number of nitrogens with one attached hydrogen (secondary N) is 1. The lowest BCUT2D eigenvalue weighted by molar-refractivity contribution is -0.132.